The quantitative estimate of drug-likeness (QED) is 0.470. The molecule has 0 heterocycles. The van der Waals surface area contributed by atoms with Gasteiger partial charge in [-0.15, -0.1) is 0 Å². The third-order valence-electron chi connectivity index (χ3n) is 4.43. The lowest BCUT2D eigenvalue weighted by Crippen LogP contribution is -2.32. The highest BCUT2D eigenvalue weighted by Gasteiger charge is 2.17. The first-order chi connectivity index (χ1) is 14.2. The van der Waals surface area contributed by atoms with Gasteiger partial charge in [-0.3, -0.25) is 9.69 Å². The molecule has 0 saturated carbocycles. The number of ether oxygens (including phenoxy) is 1. The maximum Gasteiger partial charge on any atom is 0.320 e. The number of carbonyl (C=O) groups excluding carboxylic acids is 1. The van der Waals surface area contributed by atoms with E-state index in [1.807, 2.05) is 57.0 Å². The maximum atomic E-state index is 12.1. The average molecular weight is 404 g/mol. The topological polar surface area (TPSA) is 29.5 Å². The molecule has 3 heteroatoms. The first-order valence-electron chi connectivity index (χ1n) is 10.4. The van der Waals surface area contributed by atoms with Crippen molar-refractivity contribution in [2.75, 3.05) is 20.1 Å². The molecule has 0 radical (unpaired) electrons. The molecule has 0 aromatic heterocycles. The number of benzene rings is 2. The van der Waals surface area contributed by atoms with Gasteiger partial charge in [0.2, 0.25) is 0 Å². The molecule has 0 aliphatic carbocycles. The van der Waals surface area contributed by atoms with E-state index < -0.39 is 5.60 Å². The fourth-order valence-electron chi connectivity index (χ4n) is 3.01. The average Bonchev–Trinajstić information content (AvgIpc) is 2.67. The minimum absolute atomic E-state index is 0.225. The molecule has 0 spiro atoms. The molecule has 0 bridgehead atoms. The van der Waals surface area contributed by atoms with Crippen LogP contribution in [0.15, 0.2) is 60.7 Å². The van der Waals surface area contributed by atoms with Crippen molar-refractivity contribution < 1.29 is 9.53 Å². The Balaban J connectivity index is 2.23. The van der Waals surface area contributed by atoms with Gasteiger partial charge in [0.1, 0.15) is 5.60 Å². The summed E-state index contributed by atoms with van der Waals surface area (Å²) in [5, 5.41) is 0. The van der Waals surface area contributed by atoms with E-state index in [2.05, 4.69) is 62.1 Å². The van der Waals surface area contributed by atoms with Crippen molar-refractivity contribution in [2.45, 2.75) is 46.1 Å². The molecule has 158 valence electrons. The van der Waals surface area contributed by atoms with Crippen LogP contribution in [-0.2, 0) is 9.53 Å². The van der Waals surface area contributed by atoms with Crippen LogP contribution in [0.3, 0.4) is 0 Å². The Kier molecular flexibility index (Phi) is 8.45. The molecule has 30 heavy (non-hydrogen) atoms. The molecule has 0 N–H and O–H groups in total. The number of nitrogens with zero attached hydrogens (tertiary/aromatic N) is 1. The van der Waals surface area contributed by atoms with Gasteiger partial charge < -0.3 is 4.74 Å². The highest BCUT2D eigenvalue weighted by molar-refractivity contribution is 5.80. The minimum Gasteiger partial charge on any atom is -0.459 e. The van der Waals surface area contributed by atoms with Gasteiger partial charge in [-0.25, -0.2) is 0 Å². The van der Waals surface area contributed by atoms with Crippen LogP contribution in [0.5, 0.6) is 0 Å². The number of likely N-dealkylation sites (N-methyl/N-ethyl adjacent to an activating group) is 1. The maximum absolute atomic E-state index is 12.1. The van der Waals surface area contributed by atoms with E-state index in [1.54, 1.807) is 0 Å². The monoisotopic (exact) mass is 403 g/mol. The number of hydrogen-bond donors (Lipinski definition) is 0. The highest BCUT2D eigenvalue weighted by atomic mass is 16.6. The van der Waals surface area contributed by atoms with Gasteiger partial charge in [-0.05, 0) is 50.9 Å². The lowest BCUT2D eigenvalue weighted by atomic mass is 9.97. The smallest absolute Gasteiger partial charge is 0.320 e. The molecule has 2 aromatic rings. The van der Waals surface area contributed by atoms with Gasteiger partial charge in [0.15, 0.2) is 0 Å². The van der Waals surface area contributed by atoms with Crippen LogP contribution in [0.2, 0.25) is 0 Å². The number of allylic oxidation sites excluding steroid dienone is 1. The van der Waals surface area contributed by atoms with Crippen LogP contribution < -0.4 is 0 Å². The molecule has 0 aliphatic rings. The Hall–Kier alpha value is -2.83. The molecule has 0 saturated heterocycles. The SMILES string of the molecule is CC(C)c1ccccc1C#CC(=CCN(C)CC(=O)OC(C)(C)C)c1ccccc1. The predicted molar refractivity (Wildman–Crippen MR) is 125 cm³/mol. The van der Waals surface area contributed by atoms with Gasteiger partial charge in [0, 0.05) is 17.7 Å². The van der Waals surface area contributed by atoms with Gasteiger partial charge in [0.05, 0.1) is 6.54 Å². The Labute approximate surface area is 181 Å². The second kappa shape index (κ2) is 10.8. The highest BCUT2D eigenvalue weighted by Crippen LogP contribution is 2.19. The minimum atomic E-state index is -0.474. The summed E-state index contributed by atoms with van der Waals surface area (Å²) in [5.74, 6) is 6.91. The lowest BCUT2D eigenvalue weighted by Gasteiger charge is -2.22. The van der Waals surface area contributed by atoms with Crippen LogP contribution in [0.1, 0.15) is 57.2 Å². The molecule has 3 nitrogen and oxygen atoms in total. The Morgan fingerprint density at radius 3 is 2.33 bits per heavy atom. The van der Waals surface area contributed by atoms with Crippen molar-refractivity contribution in [1.29, 1.82) is 0 Å². The van der Waals surface area contributed by atoms with Crippen molar-refractivity contribution in [3.05, 3.63) is 77.4 Å². The Bertz CT molecular complexity index is 925. The Morgan fingerprint density at radius 2 is 1.70 bits per heavy atom. The lowest BCUT2D eigenvalue weighted by molar-refractivity contribution is -0.155. The van der Waals surface area contributed by atoms with E-state index in [1.165, 1.54) is 5.56 Å². The molecule has 2 rings (SSSR count). The summed E-state index contributed by atoms with van der Waals surface area (Å²) in [6.45, 7) is 10.8. The van der Waals surface area contributed by atoms with Crippen LogP contribution in [-0.4, -0.2) is 36.6 Å². The van der Waals surface area contributed by atoms with E-state index >= 15 is 0 Å². The molecule has 2 aromatic carbocycles. The second-order valence-electron chi connectivity index (χ2n) is 8.76. The van der Waals surface area contributed by atoms with E-state index in [0.29, 0.717) is 12.5 Å². The van der Waals surface area contributed by atoms with E-state index in [4.69, 9.17) is 4.74 Å². The van der Waals surface area contributed by atoms with Crippen LogP contribution in [0.25, 0.3) is 5.57 Å². The summed E-state index contributed by atoms with van der Waals surface area (Å²) in [5.41, 5.74) is 3.84. The second-order valence-corrected chi connectivity index (χ2v) is 8.76. The van der Waals surface area contributed by atoms with Crippen LogP contribution >= 0.6 is 0 Å². The molecule has 0 amide bonds. The number of esters is 1. The summed E-state index contributed by atoms with van der Waals surface area (Å²) < 4.78 is 5.41. The van der Waals surface area contributed by atoms with Gasteiger partial charge >= 0.3 is 5.97 Å². The van der Waals surface area contributed by atoms with Crippen molar-refractivity contribution in [2.24, 2.45) is 0 Å². The Morgan fingerprint density at radius 1 is 1.07 bits per heavy atom. The van der Waals surface area contributed by atoms with Gasteiger partial charge in [-0.1, -0.05) is 80.3 Å². The fourth-order valence-corrected chi connectivity index (χ4v) is 3.01. The molecule has 0 atom stereocenters. The normalized spacial score (nSPS) is 11.9. The third-order valence-corrected chi connectivity index (χ3v) is 4.43. The van der Waals surface area contributed by atoms with Crippen molar-refractivity contribution in [1.82, 2.24) is 4.90 Å². The van der Waals surface area contributed by atoms with Crippen molar-refractivity contribution >= 4 is 11.5 Å². The molecule has 0 aliphatic heterocycles. The first kappa shape index (κ1) is 23.4. The van der Waals surface area contributed by atoms with Crippen LogP contribution in [0.4, 0.5) is 0 Å². The van der Waals surface area contributed by atoms with Crippen molar-refractivity contribution in [3.8, 4) is 11.8 Å². The summed E-state index contributed by atoms with van der Waals surface area (Å²) in [6, 6.07) is 18.4. The zero-order valence-corrected chi connectivity index (χ0v) is 19.0. The third kappa shape index (κ3) is 7.89. The zero-order chi connectivity index (χ0) is 22.1. The predicted octanol–water partition coefficient (Wildman–Crippen LogP) is 5.52. The molecule has 0 unspecified atom stereocenters. The molecule has 0 fully saturated rings. The number of hydrogen-bond acceptors (Lipinski definition) is 3. The molecular weight excluding hydrogens is 370 g/mol. The van der Waals surface area contributed by atoms with Crippen molar-refractivity contribution in [3.63, 3.8) is 0 Å². The number of rotatable bonds is 6. The fraction of sp³-hybridized carbons (Fsp3) is 0.370. The first-order valence-corrected chi connectivity index (χ1v) is 10.4. The van der Waals surface area contributed by atoms with E-state index in [-0.39, 0.29) is 12.5 Å². The summed E-state index contributed by atoms with van der Waals surface area (Å²) in [6.07, 6.45) is 2.07. The zero-order valence-electron chi connectivity index (χ0n) is 19.0. The number of carbonyl (C=O) groups is 1. The van der Waals surface area contributed by atoms with E-state index in [0.717, 1.165) is 16.7 Å². The van der Waals surface area contributed by atoms with E-state index in [9.17, 15) is 4.79 Å². The standard InChI is InChI=1S/C27H33NO2/c1-21(2)25-15-11-10-14-24(25)17-16-23(22-12-8-7-9-13-22)18-19-28(6)20-26(29)30-27(3,4)5/h7-15,18,21H,19-20H2,1-6H3. The largest absolute Gasteiger partial charge is 0.459 e. The summed E-state index contributed by atoms with van der Waals surface area (Å²) in [4.78, 5) is 14.0. The molecular formula is C27H33NO2. The van der Waals surface area contributed by atoms with Gasteiger partial charge in [0.25, 0.3) is 0 Å². The summed E-state index contributed by atoms with van der Waals surface area (Å²) in [7, 11) is 1.91. The summed E-state index contributed by atoms with van der Waals surface area (Å²) >= 11 is 0. The van der Waals surface area contributed by atoms with Crippen LogP contribution in [0, 0.1) is 11.8 Å². The van der Waals surface area contributed by atoms with Gasteiger partial charge in [-0.2, -0.15) is 0 Å².